The highest BCUT2D eigenvalue weighted by Gasteiger charge is 2.26. The number of amides is 1. The fourth-order valence-corrected chi connectivity index (χ4v) is 2.64. The summed E-state index contributed by atoms with van der Waals surface area (Å²) >= 11 is 0. The minimum Gasteiger partial charge on any atom is -0.464 e. The van der Waals surface area contributed by atoms with Crippen LogP contribution in [-0.4, -0.2) is 20.7 Å². The van der Waals surface area contributed by atoms with E-state index < -0.39 is 0 Å². The molecular weight excluding hydrogens is 306 g/mol. The van der Waals surface area contributed by atoms with Gasteiger partial charge < -0.3 is 15.1 Å². The van der Waals surface area contributed by atoms with Crippen molar-refractivity contribution < 1.29 is 9.21 Å². The average molecular weight is 321 g/mol. The molecule has 7 nitrogen and oxygen atoms in total. The first-order chi connectivity index (χ1) is 11.8. The topological polar surface area (TPSA) is 85.0 Å². The van der Waals surface area contributed by atoms with Gasteiger partial charge in [0, 0.05) is 36.1 Å². The number of rotatable bonds is 4. The summed E-state index contributed by atoms with van der Waals surface area (Å²) in [5.74, 6) is 1.89. The number of fused-ring (bicyclic) bond motifs is 1. The molecule has 1 amide bonds. The number of furan rings is 1. The number of nitrogens with zero attached hydrogens (tertiary/aromatic N) is 3. The van der Waals surface area contributed by atoms with Gasteiger partial charge in [0.25, 0.3) is 5.91 Å². The molecule has 4 heterocycles. The molecule has 0 saturated heterocycles. The first kappa shape index (κ1) is 14.3. The SMILES string of the molecule is CCn1nccc1N/C=C1\C(=O)Nc2ncc(-c3ccco3)cc21. The molecule has 4 rings (SSSR count). The molecule has 0 radical (unpaired) electrons. The zero-order valence-corrected chi connectivity index (χ0v) is 13.0. The van der Waals surface area contributed by atoms with Crippen molar-refractivity contribution >= 4 is 23.1 Å². The van der Waals surface area contributed by atoms with Gasteiger partial charge in [-0.3, -0.25) is 4.79 Å². The zero-order chi connectivity index (χ0) is 16.5. The van der Waals surface area contributed by atoms with E-state index in [1.165, 1.54) is 0 Å². The molecule has 0 bridgehead atoms. The van der Waals surface area contributed by atoms with E-state index in [1.807, 2.05) is 35.9 Å². The zero-order valence-electron chi connectivity index (χ0n) is 13.0. The predicted molar refractivity (Wildman–Crippen MR) is 90.1 cm³/mol. The van der Waals surface area contributed by atoms with Gasteiger partial charge in [-0.2, -0.15) is 5.10 Å². The molecule has 7 heteroatoms. The second-order valence-corrected chi connectivity index (χ2v) is 5.29. The largest absolute Gasteiger partial charge is 0.464 e. The van der Waals surface area contributed by atoms with E-state index in [4.69, 9.17) is 4.42 Å². The van der Waals surface area contributed by atoms with E-state index in [0.717, 1.165) is 23.5 Å². The third-order valence-corrected chi connectivity index (χ3v) is 3.84. The van der Waals surface area contributed by atoms with Crippen LogP contribution in [0.25, 0.3) is 16.9 Å². The quantitative estimate of drug-likeness (QED) is 0.722. The van der Waals surface area contributed by atoms with Crippen LogP contribution < -0.4 is 10.6 Å². The van der Waals surface area contributed by atoms with E-state index in [9.17, 15) is 4.79 Å². The molecule has 0 atom stereocenters. The number of carbonyl (C=O) groups excluding carboxylic acids is 1. The summed E-state index contributed by atoms with van der Waals surface area (Å²) in [5.41, 5.74) is 2.08. The minimum atomic E-state index is -0.191. The van der Waals surface area contributed by atoms with E-state index >= 15 is 0 Å². The summed E-state index contributed by atoms with van der Waals surface area (Å²) in [4.78, 5) is 16.6. The highest BCUT2D eigenvalue weighted by Crippen LogP contribution is 2.33. The fourth-order valence-electron chi connectivity index (χ4n) is 2.64. The number of carbonyl (C=O) groups is 1. The summed E-state index contributed by atoms with van der Waals surface area (Å²) < 4.78 is 7.21. The van der Waals surface area contributed by atoms with Crippen molar-refractivity contribution in [3.05, 3.63) is 54.7 Å². The Morgan fingerprint density at radius 1 is 1.42 bits per heavy atom. The van der Waals surface area contributed by atoms with Crippen LogP contribution in [0.4, 0.5) is 11.6 Å². The standard InChI is InChI=1S/C17H15N5O2/c1-2-22-15(5-6-20-22)18-10-13-12-8-11(14-4-3-7-24-14)9-19-16(12)21-17(13)23/h3-10,18H,2H2,1H3,(H,19,21,23)/b13-10-. The minimum absolute atomic E-state index is 0.191. The van der Waals surface area contributed by atoms with Crippen molar-refractivity contribution in [3.8, 4) is 11.3 Å². The van der Waals surface area contributed by atoms with Crippen LogP contribution in [-0.2, 0) is 11.3 Å². The monoisotopic (exact) mass is 321 g/mol. The van der Waals surface area contributed by atoms with Crippen molar-refractivity contribution in [1.29, 1.82) is 0 Å². The molecule has 24 heavy (non-hydrogen) atoms. The lowest BCUT2D eigenvalue weighted by molar-refractivity contribution is -0.110. The van der Waals surface area contributed by atoms with Gasteiger partial charge in [0.1, 0.15) is 17.4 Å². The van der Waals surface area contributed by atoms with Gasteiger partial charge in [-0.05, 0) is 25.1 Å². The molecule has 1 aliphatic rings. The van der Waals surface area contributed by atoms with Crippen molar-refractivity contribution in [2.75, 3.05) is 10.6 Å². The second-order valence-electron chi connectivity index (χ2n) is 5.29. The lowest BCUT2D eigenvalue weighted by Crippen LogP contribution is -2.07. The number of aromatic nitrogens is 3. The van der Waals surface area contributed by atoms with E-state index in [0.29, 0.717) is 17.2 Å². The van der Waals surface area contributed by atoms with Crippen molar-refractivity contribution in [1.82, 2.24) is 14.8 Å². The molecule has 0 unspecified atom stereocenters. The van der Waals surface area contributed by atoms with Crippen LogP contribution in [0.15, 0.2) is 53.5 Å². The first-order valence-electron chi connectivity index (χ1n) is 7.60. The third-order valence-electron chi connectivity index (χ3n) is 3.84. The predicted octanol–water partition coefficient (Wildman–Crippen LogP) is 2.96. The highest BCUT2D eigenvalue weighted by molar-refractivity contribution is 6.31. The normalized spacial score (nSPS) is 14.7. The van der Waals surface area contributed by atoms with Crippen LogP contribution in [0.1, 0.15) is 12.5 Å². The lowest BCUT2D eigenvalue weighted by Gasteiger charge is -2.05. The average Bonchev–Trinajstić information content (AvgIpc) is 3.32. The number of hydrogen-bond donors (Lipinski definition) is 2. The molecule has 0 saturated carbocycles. The van der Waals surface area contributed by atoms with Gasteiger partial charge >= 0.3 is 0 Å². The Balaban J connectivity index is 1.69. The summed E-state index contributed by atoms with van der Waals surface area (Å²) in [5, 5.41) is 10.1. The molecule has 0 aliphatic carbocycles. The lowest BCUT2D eigenvalue weighted by atomic mass is 10.1. The van der Waals surface area contributed by atoms with Crippen LogP contribution in [0.3, 0.4) is 0 Å². The van der Waals surface area contributed by atoms with Crippen molar-refractivity contribution in [2.24, 2.45) is 0 Å². The van der Waals surface area contributed by atoms with E-state index in [2.05, 4.69) is 20.7 Å². The number of anilines is 2. The summed E-state index contributed by atoms with van der Waals surface area (Å²) in [6.45, 7) is 2.74. The number of nitrogens with one attached hydrogen (secondary N) is 2. The Kier molecular flexibility index (Phi) is 3.38. The third kappa shape index (κ3) is 2.36. The summed E-state index contributed by atoms with van der Waals surface area (Å²) in [6, 6.07) is 7.42. The highest BCUT2D eigenvalue weighted by atomic mass is 16.3. The van der Waals surface area contributed by atoms with Gasteiger partial charge in [-0.1, -0.05) is 0 Å². The van der Waals surface area contributed by atoms with Gasteiger partial charge in [0.15, 0.2) is 0 Å². The van der Waals surface area contributed by atoms with Gasteiger partial charge in [-0.25, -0.2) is 9.67 Å². The van der Waals surface area contributed by atoms with Crippen LogP contribution in [0.5, 0.6) is 0 Å². The van der Waals surface area contributed by atoms with Crippen LogP contribution in [0.2, 0.25) is 0 Å². The van der Waals surface area contributed by atoms with Crippen LogP contribution >= 0.6 is 0 Å². The maximum absolute atomic E-state index is 12.2. The smallest absolute Gasteiger partial charge is 0.259 e. The molecule has 0 spiro atoms. The maximum Gasteiger partial charge on any atom is 0.259 e. The van der Waals surface area contributed by atoms with Gasteiger partial charge in [0.2, 0.25) is 0 Å². The Labute approximate surface area is 138 Å². The Morgan fingerprint density at radius 2 is 2.33 bits per heavy atom. The molecular formula is C17H15N5O2. The van der Waals surface area contributed by atoms with Crippen molar-refractivity contribution in [2.45, 2.75) is 13.5 Å². The molecule has 3 aromatic heterocycles. The molecule has 3 aromatic rings. The summed E-state index contributed by atoms with van der Waals surface area (Å²) in [7, 11) is 0. The Morgan fingerprint density at radius 3 is 3.12 bits per heavy atom. The van der Waals surface area contributed by atoms with Crippen molar-refractivity contribution in [3.63, 3.8) is 0 Å². The molecule has 1 aliphatic heterocycles. The fraction of sp³-hybridized carbons (Fsp3) is 0.118. The van der Waals surface area contributed by atoms with Gasteiger partial charge in [-0.15, -0.1) is 0 Å². The molecule has 0 fully saturated rings. The van der Waals surface area contributed by atoms with E-state index in [1.54, 1.807) is 24.9 Å². The molecule has 120 valence electrons. The second kappa shape index (κ2) is 5.69. The van der Waals surface area contributed by atoms with Gasteiger partial charge in [0.05, 0.1) is 18.0 Å². The Hall–Kier alpha value is -3.35. The summed E-state index contributed by atoms with van der Waals surface area (Å²) in [6.07, 6.45) is 6.68. The van der Waals surface area contributed by atoms with Crippen LogP contribution in [0, 0.1) is 0 Å². The maximum atomic E-state index is 12.2. The first-order valence-corrected chi connectivity index (χ1v) is 7.60. The number of aryl methyl sites for hydroxylation is 1. The number of pyridine rings is 1. The molecule has 2 N–H and O–H groups in total. The molecule has 0 aromatic carbocycles. The van der Waals surface area contributed by atoms with E-state index in [-0.39, 0.29) is 5.91 Å². The Bertz CT molecular complexity index is 924. The number of hydrogen-bond acceptors (Lipinski definition) is 5.